The summed E-state index contributed by atoms with van der Waals surface area (Å²) in [5, 5.41) is 5.07. The predicted molar refractivity (Wildman–Crippen MR) is 82.7 cm³/mol. The van der Waals surface area contributed by atoms with Crippen molar-refractivity contribution in [1.82, 2.24) is 4.90 Å². The second kappa shape index (κ2) is 6.09. The summed E-state index contributed by atoms with van der Waals surface area (Å²) < 4.78 is 0. The molecule has 1 saturated heterocycles. The van der Waals surface area contributed by atoms with Crippen LogP contribution in [0, 0.1) is 5.92 Å². The minimum absolute atomic E-state index is 0.538. The smallest absolute Gasteiger partial charge is 0.173 e. The molecular weight excluding hydrogens is 287 g/mol. The molecule has 0 unspecified atom stereocenters. The van der Waals surface area contributed by atoms with Crippen molar-refractivity contribution in [2.45, 2.75) is 19.8 Å². The van der Waals surface area contributed by atoms with Crippen molar-refractivity contribution in [3.63, 3.8) is 0 Å². The summed E-state index contributed by atoms with van der Waals surface area (Å²) in [6, 6.07) is 5.45. The third kappa shape index (κ3) is 3.50. The van der Waals surface area contributed by atoms with Crippen molar-refractivity contribution in [3.8, 4) is 0 Å². The summed E-state index contributed by atoms with van der Waals surface area (Å²) in [6.07, 6.45) is 2.48. The molecule has 1 aromatic rings. The zero-order valence-corrected chi connectivity index (χ0v) is 12.6. The van der Waals surface area contributed by atoms with Gasteiger partial charge in [0.25, 0.3) is 0 Å². The van der Waals surface area contributed by atoms with Gasteiger partial charge < -0.3 is 10.2 Å². The average Bonchev–Trinajstić information content (AvgIpc) is 2.34. The van der Waals surface area contributed by atoms with Crippen molar-refractivity contribution < 1.29 is 0 Å². The summed E-state index contributed by atoms with van der Waals surface area (Å²) in [7, 11) is 0. The van der Waals surface area contributed by atoms with Crippen LogP contribution in [-0.4, -0.2) is 23.1 Å². The van der Waals surface area contributed by atoms with E-state index in [4.69, 9.17) is 35.4 Å². The van der Waals surface area contributed by atoms with Crippen LogP contribution < -0.4 is 5.32 Å². The molecule has 98 valence electrons. The van der Waals surface area contributed by atoms with E-state index in [-0.39, 0.29) is 0 Å². The van der Waals surface area contributed by atoms with E-state index in [0.717, 1.165) is 23.9 Å². The third-order valence-electron chi connectivity index (χ3n) is 3.12. The molecule has 0 amide bonds. The van der Waals surface area contributed by atoms with Crippen molar-refractivity contribution in [2.24, 2.45) is 5.92 Å². The number of hydrogen-bond acceptors (Lipinski definition) is 1. The molecule has 1 heterocycles. The molecule has 0 bridgehead atoms. The number of nitrogens with zero attached hydrogens (tertiary/aromatic N) is 1. The minimum Gasteiger partial charge on any atom is -0.349 e. The zero-order valence-electron chi connectivity index (χ0n) is 10.2. The number of likely N-dealkylation sites (tertiary alicyclic amines) is 1. The molecule has 2 rings (SSSR count). The molecule has 1 aliphatic rings. The Hall–Kier alpha value is -0.510. The lowest BCUT2D eigenvalue weighted by atomic mass is 10.0. The number of rotatable bonds is 1. The van der Waals surface area contributed by atoms with Gasteiger partial charge in [-0.1, -0.05) is 30.1 Å². The van der Waals surface area contributed by atoms with Crippen LogP contribution in [0.5, 0.6) is 0 Å². The molecule has 2 nitrogen and oxygen atoms in total. The van der Waals surface area contributed by atoms with Crippen LogP contribution in [0.2, 0.25) is 10.0 Å². The van der Waals surface area contributed by atoms with Crippen LogP contribution in [0.25, 0.3) is 0 Å². The first-order valence-electron chi connectivity index (χ1n) is 6.07. The summed E-state index contributed by atoms with van der Waals surface area (Å²) in [4.78, 5) is 2.21. The largest absolute Gasteiger partial charge is 0.349 e. The third-order valence-corrected chi connectivity index (χ3v) is 4.21. The normalized spacial score (nSPS) is 19.7. The maximum atomic E-state index is 5.98. The number of piperidine rings is 1. The molecule has 0 saturated carbocycles. The zero-order chi connectivity index (χ0) is 13.1. The Morgan fingerprint density at radius 2 is 2.17 bits per heavy atom. The Balaban J connectivity index is 2.00. The first-order chi connectivity index (χ1) is 8.56. The van der Waals surface area contributed by atoms with E-state index < -0.39 is 0 Å². The molecule has 0 spiro atoms. The Labute approximate surface area is 123 Å². The second-order valence-electron chi connectivity index (χ2n) is 4.75. The van der Waals surface area contributed by atoms with Gasteiger partial charge in [0.15, 0.2) is 5.11 Å². The first kappa shape index (κ1) is 13.9. The molecule has 5 heteroatoms. The minimum atomic E-state index is 0.538. The molecule has 0 aliphatic carbocycles. The molecular formula is C13H16Cl2N2S. The fourth-order valence-electron chi connectivity index (χ4n) is 2.15. The lowest BCUT2D eigenvalue weighted by Gasteiger charge is -2.33. The highest BCUT2D eigenvalue weighted by Gasteiger charge is 2.18. The van der Waals surface area contributed by atoms with E-state index in [1.807, 2.05) is 6.07 Å². The van der Waals surface area contributed by atoms with Crippen molar-refractivity contribution in [3.05, 3.63) is 28.2 Å². The van der Waals surface area contributed by atoms with Gasteiger partial charge in [-0.15, -0.1) is 0 Å². The average molecular weight is 303 g/mol. The first-order valence-corrected chi connectivity index (χ1v) is 7.23. The summed E-state index contributed by atoms with van der Waals surface area (Å²) in [5.41, 5.74) is 0.882. The molecule has 0 aromatic heterocycles. The van der Waals surface area contributed by atoms with Crippen LogP contribution in [0.3, 0.4) is 0 Å². The van der Waals surface area contributed by atoms with E-state index in [0.29, 0.717) is 16.0 Å². The summed E-state index contributed by atoms with van der Waals surface area (Å²) in [6.45, 7) is 4.30. The van der Waals surface area contributed by atoms with Crippen molar-refractivity contribution in [1.29, 1.82) is 0 Å². The Morgan fingerprint density at radius 1 is 1.39 bits per heavy atom. The lowest BCUT2D eigenvalue weighted by molar-refractivity contribution is 0.276. The van der Waals surface area contributed by atoms with Crippen LogP contribution in [0.15, 0.2) is 18.2 Å². The maximum absolute atomic E-state index is 5.98. The highest BCUT2D eigenvalue weighted by molar-refractivity contribution is 7.80. The van der Waals surface area contributed by atoms with Gasteiger partial charge in [0.05, 0.1) is 10.0 Å². The molecule has 1 aromatic carbocycles. The molecule has 1 atom stereocenters. The molecule has 18 heavy (non-hydrogen) atoms. The van der Waals surface area contributed by atoms with Gasteiger partial charge in [0.1, 0.15) is 0 Å². The Morgan fingerprint density at radius 3 is 2.83 bits per heavy atom. The standard InChI is InChI=1S/C13H16Cl2N2S/c1-9-3-2-6-17(8-9)13(18)16-10-4-5-11(14)12(15)7-10/h4-5,7,9H,2-3,6,8H2,1H3,(H,16,18)/t9-/m0/s1. The number of nitrogens with one attached hydrogen (secondary N) is 1. The van der Waals surface area contributed by atoms with E-state index >= 15 is 0 Å². The van der Waals surface area contributed by atoms with E-state index in [1.54, 1.807) is 12.1 Å². The quantitative estimate of drug-likeness (QED) is 0.773. The van der Waals surface area contributed by atoms with Gasteiger partial charge >= 0.3 is 0 Å². The highest BCUT2D eigenvalue weighted by atomic mass is 35.5. The number of halogens is 2. The SMILES string of the molecule is C[C@H]1CCCN(C(=S)Nc2ccc(Cl)c(Cl)c2)C1. The second-order valence-corrected chi connectivity index (χ2v) is 5.95. The van der Waals surface area contributed by atoms with E-state index in [2.05, 4.69) is 17.1 Å². The summed E-state index contributed by atoms with van der Waals surface area (Å²) in [5.74, 6) is 0.701. The van der Waals surface area contributed by atoms with Gasteiger partial charge in [-0.3, -0.25) is 0 Å². The fourth-order valence-corrected chi connectivity index (χ4v) is 2.73. The van der Waals surface area contributed by atoms with Gasteiger partial charge in [-0.25, -0.2) is 0 Å². The van der Waals surface area contributed by atoms with Gasteiger partial charge in [-0.2, -0.15) is 0 Å². The van der Waals surface area contributed by atoms with Gasteiger partial charge in [0.2, 0.25) is 0 Å². The Bertz CT molecular complexity index is 451. The fraction of sp³-hybridized carbons (Fsp3) is 0.462. The van der Waals surface area contributed by atoms with Crippen LogP contribution >= 0.6 is 35.4 Å². The Kier molecular flexibility index (Phi) is 4.71. The number of benzene rings is 1. The lowest BCUT2D eigenvalue weighted by Crippen LogP contribution is -2.41. The molecule has 1 aliphatic heterocycles. The maximum Gasteiger partial charge on any atom is 0.173 e. The number of thiocarbonyl (C=S) groups is 1. The van der Waals surface area contributed by atoms with Crippen LogP contribution in [0.4, 0.5) is 5.69 Å². The number of anilines is 1. The van der Waals surface area contributed by atoms with Crippen LogP contribution in [-0.2, 0) is 0 Å². The monoisotopic (exact) mass is 302 g/mol. The van der Waals surface area contributed by atoms with E-state index in [1.165, 1.54) is 12.8 Å². The van der Waals surface area contributed by atoms with Gasteiger partial charge in [0, 0.05) is 18.8 Å². The van der Waals surface area contributed by atoms with Crippen molar-refractivity contribution in [2.75, 3.05) is 18.4 Å². The van der Waals surface area contributed by atoms with E-state index in [9.17, 15) is 0 Å². The number of hydrogen-bond donors (Lipinski definition) is 1. The van der Waals surface area contributed by atoms with Gasteiger partial charge in [-0.05, 0) is 49.2 Å². The topological polar surface area (TPSA) is 15.3 Å². The molecule has 0 radical (unpaired) electrons. The summed E-state index contributed by atoms with van der Waals surface area (Å²) >= 11 is 17.3. The predicted octanol–water partition coefficient (Wildman–Crippen LogP) is 4.42. The van der Waals surface area contributed by atoms with Crippen molar-refractivity contribution >= 4 is 46.2 Å². The highest BCUT2D eigenvalue weighted by Crippen LogP contribution is 2.25. The van der Waals surface area contributed by atoms with Crippen LogP contribution in [0.1, 0.15) is 19.8 Å². The molecule has 1 fully saturated rings. The molecule has 1 N–H and O–H groups in total.